The van der Waals surface area contributed by atoms with Crippen LogP contribution >= 0.6 is 11.6 Å². The third-order valence-electron chi connectivity index (χ3n) is 4.24. The Bertz CT molecular complexity index is 1020. The number of rotatable bonds is 4. The zero-order valence-electron chi connectivity index (χ0n) is 16.0. The minimum Gasteiger partial charge on any atom is -0.466 e. The number of hydrazine groups is 1. The van der Waals surface area contributed by atoms with Gasteiger partial charge in [-0.3, -0.25) is 20.4 Å². The van der Waals surface area contributed by atoms with Gasteiger partial charge in [0, 0.05) is 5.02 Å². The lowest BCUT2D eigenvalue weighted by atomic mass is 10.1. The third kappa shape index (κ3) is 3.94. The summed E-state index contributed by atoms with van der Waals surface area (Å²) in [6.07, 6.45) is 1.48. The van der Waals surface area contributed by atoms with E-state index in [4.69, 9.17) is 16.0 Å². The van der Waals surface area contributed by atoms with Crippen molar-refractivity contribution in [1.82, 2.24) is 20.6 Å². The summed E-state index contributed by atoms with van der Waals surface area (Å²) in [5.74, 6) is 0.241. The summed E-state index contributed by atoms with van der Waals surface area (Å²) in [4.78, 5) is 24.9. The monoisotopic (exact) mass is 400 g/mol. The topological polar surface area (TPSA) is 89.2 Å². The van der Waals surface area contributed by atoms with Gasteiger partial charge in [0.25, 0.3) is 11.8 Å². The predicted molar refractivity (Wildman–Crippen MR) is 106 cm³/mol. The molecule has 0 aliphatic carbocycles. The van der Waals surface area contributed by atoms with Crippen LogP contribution in [0.3, 0.4) is 0 Å². The van der Waals surface area contributed by atoms with Crippen molar-refractivity contribution in [1.29, 1.82) is 0 Å². The van der Waals surface area contributed by atoms with Crippen molar-refractivity contribution in [2.45, 2.75) is 33.6 Å². The maximum Gasteiger partial charge on any atom is 0.273 e. The van der Waals surface area contributed by atoms with Gasteiger partial charge >= 0.3 is 0 Å². The Hall–Kier alpha value is -3.06. The minimum atomic E-state index is -0.449. The Balaban J connectivity index is 1.81. The van der Waals surface area contributed by atoms with Crippen LogP contribution in [0.15, 0.2) is 40.9 Å². The number of hydrogen-bond acceptors (Lipinski definition) is 4. The van der Waals surface area contributed by atoms with Crippen LogP contribution in [0, 0.1) is 13.8 Å². The summed E-state index contributed by atoms with van der Waals surface area (Å²) in [6.45, 7) is 7.38. The molecule has 146 valence electrons. The molecule has 0 radical (unpaired) electrons. The Morgan fingerprint density at radius 1 is 1.07 bits per heavy atom. The molecule has 8 heteroatoms. The van der Waals surface area contributed by atoms with E-state index >= 15 is 0 Å². The molecule has 0 spiro atoms. The average molecular weight is 401 g/mol. The number of hydrogen-bond donors (Lipinski definition) is 2. The van der Waals surface area contributed by atoms with Gasteiger partial charge in [0.2, 0.25) is 0 Å². The lowest BCUT2D eigenvalue weighted by Crippen LogP contribution is -2.42. The van der Waals surface area contributed by atoms with Gasteiger partial charge in [0.15, 0.2) is 0 Å². The molecule has 0 saturated carbocycles. The zero-order valence-corrected chi connectivity index (χ0v) is 16.8. The second-order valence-corrected chi connectivity index (χ2v) is 7.16. The molecule has 0 bridgehead atoms. The highest BCUT2D eigenvalue weighted by Gasteiger charge is 2.22. The maximum absolute atomic E-state index is 12.7. The van der Waals surface area contributed by atoms with E-state index in [0.29, 0.717) is 27.7 Å². The van der Waals surface area contributed by atoms with E-state index in [0.717, 1.165) is 11.4 Å². The molecule has 0 unspecified atom stereocenters. The first-order valence-corrected chi connectivity index (χ1v) is 9.17. The Labute approximate surface area is 167 Å². The smallest absolute Gasteiger partial charge is 0.273 e. The van der Waals surface area contributed by atoms with Gasteiger partial charge in [-0.25, -0.2) is 4.68 Å². The fourth-order valence-electron chi connectivity index (χ4n) is 2.98. The summed E-state index contributed by atoms with van der Waals surface area (Å²) in [5.41, 5.74) is 7.14. The number of benzene rings is 1. The van der Waals surface area contributed by atoms with Gasteiger partial charge in [-0.15, -0.1) is 0 Å². The van der Waals surface area contributed by atoms with Crippen LogP contribution in [0.1, 0.15) is 57.7 Å². The molecular weight excluding hydrogens is 380 g/mol. The van der Waals surface area contributed by atoms with E-state index in [-0.39, 0.29) is 5.92 Å². The summed E-state index contributed by atoms with van der Waals surface area (Å²) < 4.78 is 7.04. The molecule has 0 fully saturated rings. The largest absolute Gasteiger partial charge is 0.466 e. The molecule has 0 aliphatic rings. The van der Waals surface area contributed by atoms with Crippen LogP contribution in [0.2, 0.25) is 5.02 Å². The molecule has 3 rings (SSSR count). The van der Waals surface area contributed by atoms with Gasteiger partial charge in [-0.2, -0.15) is 5.10 Å². The van der Waals surface area contributed by atoms with Gasteiger partial charge in [0.05, 0.1) is 28.7 Å². The second kappa shape index (κ2) is 7.90. The van der Waals surface area contributed by atoms with Crippen LogP contribution in [-0.4, -0.2) is 21.6 Å². The van der Waals surface area contributed by atoms with Crippen molar-refractivity contribution in [3.8, 4) is 5.69 Å². The number of nitrogens with zero attached hydrogens (tertiary/aromatic N) is 2. The molecule has 2 aromatic heterocycles. The molecule has 7 nitrogen and oxygen atoms in total. The van der Waals surface area contributed by atoms with Crippen LogP contribution < -0.4 is 10.9 Å². The lowest BCUT2D eigenvalue weighted by Gasteiger charge is -2.13. The van der Waals surface area contributed by atoms with Crippen molar-refractivity contribution in [3.05, 3.63) is 69.9 Å². The Kier molecular flexibility index (Phi) is 5.56. The van der Waals surface area contributed by atoms with Gasteiger partial charge in [-0.05, 0) is 50.1 Å². The molecular formula is C20H21ClN4O3. The molecule has 2 amide bonds. The molecule has 0 atom stereocenters. The number of nitrogens with one attached hydrogen (secondary N) is 2. The normalized spacial score (nSPS) is 10.9. The Morgan fingerprint density at radius 2 is 1.68 bits per heavy atom. The molecule has 3 aromatic rings. The average Bonchev–Trinajstić information content (AvgIpc) is 3.23. The molecule has 1 aromatic carbocycles. The van der Waals surface area contributed by atoms with E-state index in [1.165, 1.54) is 6.20 Å². The van der Waals surface area contributed by atoms with Crippen molar-refractivity contribution >= 4 is 23.4 Å². The van der Waals surface area contributed by atoms with Gasteiger partial charge < -0.3 is 4.42 Å². The summed E-state index contributed by atoms with van der Waals surface area (Å²) in [7, 11) is 0. The standard InChI is InChI=1S/C20H21ClN4O3/c1-11(2)18-17(10-22-25(18)15-7-5-14(21)6-8-15)20(27)24-23-19(26)16-9-12(3)28-13(16)4/h5-11H,1-4H3,(H,23,26)(H,24,27). The van der Waals surface area contributed by atoms with Crippen LogP contribution in [0.25, 0.3) is 5.69 Å². The molecule has 2 N–H and O–H groups in total. The van der Waals surface area contributed by atoms with Crippen molar-refractivity contribution < 1.29 is 14.0 Å². The summed E-state index contributed by atoms with van der Waals surface area (Å²) in [5, 5.41) is 4.96. The number of halogens is 1. The number of carbonyl (C=O) groups is 2. The van der Waals surface area contributed by atoms with E-state index < -0.39 is 11.8 Å². The second-order valence-electron chi connectivity index (χ2n) is 6.72. The molecule has 0 saturated heterocycles. The fourth-order valence-corrected chi connectivity index (χ4v) is 3.11. The maximum atomic E-state index is 12.7. The van der Waals surface area contributed by atoms with Gasteiger partial charge in [0.1, 0.15) is 11.5 Å². The fraction of sp³-hybridized carbons (Fsp3) is 0.250. The van der Waals surface area contributed by atoms with Crippen LogP contribution in [0.4, 0.5) is 0 Å². The first-order chi connectivity index (χ1) is 13.3. The van der Waals surface area contributed by atoms with Crippen molar-refractivity contribution in [3.63, 3.8) is 0 Å². The number of amides is 2. The molecule has 0 aliphatic heterocycles. The highest BCUT2D eigenvalue weighted by atomic mass is 35.5. The van der Waals surface area contributed by atoms with E-state index in [2.05, 4.69) is 16.0 Å². The zero-order chi connectivity index (χ0) is 20.4. The van der Waals surface area contributed by atoms with E-state index in [1.807, 2.05) is 26.0 Å². The Morgan fingerprint density at radius 3 is 2.21 bits per heavy atom. The molecule has 28 heavy (non-hydrogen) atoms. The number of aromatic nitrogens is 2. The third-order valence-corrected chi connectivity index (χ3v) is 4.50. The number of aryl methyl sites for hydroxylation is 2. The lowest BCUT2D eigenvalue weighted by molar-refractivity contribution is 0.0845. The quantitative estimate of drug-likeness (QED) is 0.649. The SMILES string of the molecule is Cc1cc(C(=O)NNC(=O)c2cnn(-c3ccc(Cl)cc3)c2C(C)C)c(C)o1. The van der Waals surface area contributed by atoms with Gasteiger partial charge in [-0.1, -0.05) is 25.4 Å². The van der Waals surface area contributed by atoms with Crippen molar-refractivity contribution in [2.75, 3.05) is 0 Å². The number of furan rings is 1. The molecule has 2 heterocycles. The predicted octanol–water partition coefficient (Wildman–Crippen LogP) is 3.93. The van der Waals surface area contributed by atoms with Crippen molar-refractivity contribution in [2.24, 2.45) is 0 Å². The highest BCUT2D eigenvalue weighted by molar-refractivity contribution is 6.30. The number of carbonyl (C=O) groups excluding carboxylic acids is 2. The van der Waals surface area contributed by atoms with Crippen LogP contribution in [0.5, 0.6) is 0 Å². The summed E-state index contributed by atoms with van der Waals surface area (Å²) in [6, 6.07) is 8.80. The minimum absolute atomic E-state index is 0.0217. The summed E-state index contributed by atoms with van der Waals surface area (Å²) >= 11 is 5.95. The first kappa shape index (κ1) is 19.7. The highest BCUT2D eigenvalue weighted by Crippen LogP contribution is 2.24. The van der Waals surface area contributed by atoms with Crippen LogP contribution in [-0.2, 0) is 0 Å². The van der Waals surface area contributed by atoms with E-state index in [1.54, 1.807) is 36.7 Å². The first-order valence-electron chi connectivity index (χ1n) is 8.79. The van der Waals surface area contributed by atoms with E-state index in [9.17, 15) is 9.59 Å².